The fourth-order valence-corrected chi connectivity index (χ4v) is 3.39. The van der Waals surface area contributed by atoms with Crippen molar-refractivity contribution < 1.29 is 4.79 Å². The average Bonchev–Trinajstić information content (AvgIpc) is 2.82. The molecule has 104 valence electrons. The highest BCUT2D eigenvalue weighted by molar-refractivity contribution is 5.79. The number of nitrogens with zero attached hydrogens (tertiary/aromatic N) is 1. The minimum Gasteiger partial charge on any atom is -0.353 e. The molecule has 2 rings (SSSR count). The molecule has 0 bridgehead atoms. The number of nitrogens with two attached hydrogens (primary N) is 1. The number of carbonyl (C=O) groups is 1. The van der Waals surface area contributed by atoms with Crippen molar-refractivity contribution in [3.05, 3.63) is 0 Å². The van der Waals surface area contributed by atoms with Gasteiger partial charge in [0, 0.05) is 24.5 Å². The van der Waals surface area contributed by atoms with Crippen molar-refractivity contribution in [2.24, 2.45) is 17.6 Å². The van der Waals surface area contributed by atoms with E-state index in [1.807, 2.05) is 0 Å². The Hall–Kier alpha value is -0.610. The van der Waals surface area contributed by atoms with Gasteiger partial charge in [0.05, 0.1) is 0 Å². The number of likely N-dealkylation sites (tertiary alicyclic amines) is 1. The zero-order valence-corrected chi connectivity index (χ0v) is 11.7. The molecule has 4 atom stereocenters. The van der Waals surface area contributed by atoms with Crippen molar-refractivity contribution in [3.63, 3.8) is 0 Å². The van der Waals surface area contributed by atoms with E-state index in [2.05, 4.69) is 24.2 Å². The molecular formula is C14H27N3O. The lowest BCUT2D eigenvalue weighted by Gasteiger charge is -2.36. The Morgan fingerprint density at radius 1 is 1.39 bits per heavy atom. The van der Waals surface area contributed by atoms with E-state index in [1.165, 1.54) is 0 Å². The van der Waals surface area contributed by atoms with Crippen LogP contribution in [-0.4, -0.2) is 43.0 Å². The highest BCUT2D eigenvalue weighted by atomic mass is 16.2. The molecule has 0 aromatic rings. The van der Waals surface area contributed by atoms with Crippen molar-refractivity contribution >= 4 is 5.91 Å². The van der Waals surface area contributed by atoms with Crippen LogP contribution < -0.4 is 11.1 Å². The molecule has 4 heteroatoms. The summed E-state index contributed by atoms with van der Waals surface area (Å²) in [5, 5.41) is 3.25. The van der Waals surface area contributed by atoms with E-state index in [0.29, 0.717) is 24.5 Å². The average molecular weight is 253 g/mol. The lowest BCUT2D eigenvalue weighted by Crippen LogP contribution is -2.49. The van der Waals surface area contributed by atoms with Gasteiger partial charge in [-0.15, -0.1) is 0 Å². The van der Waals surface area contributed by atoms with Gasteiger partial charge in [-0.3, -0.25) is 4.79 Å². The van der Waals surface area contributed by atoms with E-state index < -0.39 is 0 Å². The van der Waals surface area contributed by atoms with Crippen LogP contribution in [0, 0.1) is 11.8 Å². The first-order valence-corrected chi connectivity index (χ1v) is 7.32. The summed E-state index contributed by atoms with van der Waals surface area (Å²) in [7, 11) is 2.16. The third-order valence-electron chi connectivity index (χ3n) is 4.85. The summed E-state index contributed by atoms with van der Waals surface area (Å²) < 4.78 is 0. The zero-order valence-electron chi connectivity index (χ0n) is 11.7. The van der Waals surface area contributed by atoms with Crippen LogP contribution in [0.4, 0.5) is 0 Å². The van der Waals surface area contributed by atoms with Gasteiger partial charge < -0.3 is 16.0 Å². The summed E-state index contributed by atoms with van der Waals surface area (Å²) in [6, 6.07) is 0.931. The molecule has 4 unspecified atom stereocenters. The highest BCUT2D eigenvalue weighted by Gasteiger charge is 2.33. The SMILES string of the molecule is CC1CC(NC(=O)C2CCCC2CN)CCN1C. The summed E-state index contributed by atoms with van der Waals surface area (Å²) in [6.07, 6.45) is 5.45. The van der Waals surface area contributed by atoms with Crippen molar-refractivity contribution in [1.82, 2.24) is 10.2 Å². The Morgan fingerprint density at radius 3 is 2.83 bits per heavy atom. The molecule has 1 aliphatic heterocycles. The minimum atomic E-state index is 0.171. The second kappa shape index (κ2) is 6.02. The maximum Gasteiger partial charge on any atom is 0.223 e. The third-order valence-corrected chi connectivity index (χ3v) is 4.85. The molecule has 1 heterocycles. The first kappa shape index (κ1) is 13.8. The molecule has 1 saturated heterocycles. The standard InChI is InChI=1S/C14H27N3O/c1-10-8-12(6-7-17(10)2)16-14(18)13-5-3-4-11(13)9-15/h10-13H,3-9,15H2,1-2H3,(H,16,18). The molecule has 3 N–H and O–H groups in total. The Balaban J connectivity index is 1.84. The molecule has 0 aromatic carbocycles. The van der Waals surface area contributed by atoms with E-state index >= 15 is 0 Å². The van der Waals surface area contributed by atoms with E-state index in [0.717, 1.165) is 38.6 Å². The van der Waals surface area contributed by atoms with Gasteiger partial charge in [0.1, 0.15) is 0 Å². The molecule has 2 aliphatic rings. The lowest BCUT2D eigenvalue weighted by atomic mass is 9.93. The summed E-state index contributed by atoms with van der Waals surface area (Å²) in [5.74, 6) is 0.836. The van der Waals surface area contributed by atoms with Gasteiger partial charge in [0.2, 0.25) is 5.91 Å². The Bertz CT molecular complexity index is 295. The normalized spacial score (nSPS) is 37.7. The van der Waals surface area contributed by atoms with Crippen LogP contribution in [-0.2, 0) is 4.79 Å². The number of hydrogen-bond donors (Lipinski definition) is 2. The van der Waals surface area contributed by atoms with E-state index in [-0.39, 0.29) is 11.8 Å². The van der Waals surface area contributed by atoms with Gasteiger partial charge in [0.15, 0.2) is 0 Å². The Morgan fingerprint density at radius 2 is 2.17 bits per heavy atom. The fraction of sp³-hybridized carbons (Fsp3) is 0.929. The van der Waals surface area contributed by atoms with Gasteiger partial charge in [-0.05, 0) is 52.1 Å². The highest BCUT2D eigenvalue weighted by Crippen LogP contribution is 2.31. The molecule has 0 aromatic heterocycles. The number of carbonyl (C=O) groups excluding carboxylic acids is 1. The second-order valence-electron chi connectivity index (χ2n) is 6.09. The van der Waals surface area contributed by atoms with Crippen LogP contribution in [0.5, 0.6) is 0 Å². The summed E-state index contributed by atoms with van der Waals surface area (Å²) in [5.41, 5.74) is 5.75. The lowest BCUT2D eigenvalue weighted by molar-refractivity contribution is -0.127. The van der Waals surface area contributed by atoms with Gasteiger partial charge >= 0.3 is 0 Å². The van der Waals surface area contributed by atoms with Gasteiger partial charge in [-0.25, -0.2) is 0 Å². The number of rotatable bonds is 3. The number of hydrogen-bond acceptors (Lipinski definition) is 3. The molecule has 18 heavy (non-hydrogen) atoms. The van der Waals surface area contributed by atoms with Crippen LogP contribution in [0.2, 0.25) is 0 Å². The van der Waals surface area contributed by atoms with Crippen LogP contribution in [0.15, 0.2) is 0 Å². The largest absolute Gasteiger partial charge is 0.353 e. The number of nitrogens with one attached hydrogen (secondary N) is 1. The number of amides is 1. The predicted octanol–water partition coefficient (Wildman–Crippen LogP) is 0.960. The summed E-state index contributed by atoms with van der Waals surface area (Å²) in [4.78, 5) is 14.7. The van der Waals surface area contributed by atoms with Crippen LogP contribution in [0.3, 0.4) is 0 Å². The van der Waals surface area contributed by atoms with Crippen LogP contribution >= 0.6 is 0 Å². The third kappa shape index (κ3) is 3.04. The number of piperidine rings is 1. The van der Waals surface area contributed by atoms with Crippen molar-refractivity contribution in [2.45, 2.75) is 51.1 Å². The van der Waals surface area contributed by atoms with Gasteiger partial charge in [-0.1, -0.05) is 6.42 Å². The summed E-state index contributed by atoms with van der Waals surface area (Å²) >= 11 is 0. The molecule has 4 nitrogen and oxygen atoms in total. The van der Waals surface area contributed by atoms with E-state index in [4.69, 9.17) is 5.73 Å². The maximum atomic E-state index is 12.3. The van der Waals surface area contributed by atoms with Crippen LogP contribution in [0.1, 0.15) is 39.0 Å². The molecule has 1 amide bonds. The molecular weight excluding hydrogens is 226 g/mol. The molecule has 1 saturated carbocycles. The molecule has 0 radical (unpaired) electrons. The van der Waals surface area contributed by atoms with Crippen molar-refractivity contribution in [3.8, 4) is 0 Å². The van der Waals surface area contributed by atoms with Crippen molar-refractivity contribution in [1.29, 1.82) is 0 Å². The van der Waals surface area contributed by atoms with Gasteiger partial charge in [0.25, 0.3) is 0 Å². The smallest absolute Gasteiger partial charge is 0.223 e. The van der Waals surface area contributed by atoms with Crippen molar-refractivity contribution in [2.75, 3.05) is 20.1 Å². The zero-order chi connectivity index (χ0) is 13.1. The second-order valence-corrected chi connectivity index (χ2v) is 6.09. The Kier molecular flexibility index (Phi) is 4.62. The monoisotopic (exact) mass is 253 g/mol. The first-order valence-electron chi connectivity index (χ1n) is 7.32. The fourth-order valence-electron chi connectivity index (χ4n) is 3.39. The van der Waals surface area contributed by atoms with Gasteiger partial charge in [-0.2, -0.15) is 0 Å². The Labute approximate surface area is 110 Å². The molecule has 2 fully saturated rings. The topological polar surface area (TPSA) is 58.4 Å². The first-order chi connectivity index (χ1) is 8.61. The van der Waals surface area contributed by atoms with E-state index in [1.54, 1.807) is 0 Å². The summed E-state index contributed by atoms with van der Waals surface area (Å²) in [6.45, 7) is 3.97. The molecule has 1 aliphatic carbocycles. The van der Waals surface area contributed by atoms with Crippen LogP contribution in [0.25, 0.3) is 0 Å². The predicted molar refractivity (Wildman–Crippen MR) is 73.1 cm³/mol. The molecule has 0 spiro atoms. The maximum absolute atomic E-state index is 12.3. The van der Waals surface area contributed by atoms with E-state index in [9.17, 15) is 4.79 Å². The minimum absolute atomic E-state index is 0.171. The quantitative estimate of drug-likeness (QED) is 0.787.